The quantitative estimate of drug-likeness (QED) is 0.133. The van der Waals surface area contributed by atoms with Crippen LogP contribution >= 0.6 is 11.3 Å². The van der Waals surface area contributed by atoms with Crippen molar-refractivity contribution in [3.8, 4) is 28.7 Å². The molecule has 0 amide bonds. The van der Waals surface area contributed by atoms with Gasteiger partial charge in [-0.05, 0) is 72.5 Å². The van der Waals surface area contributed by atoms with Crippen LogP contribution in [-0.2, 0) is 6.11 Å². The van der Waals surface area contributed by atoms with Gasteiger partial charge in [-0.25, -0.2) is 27.5 Å². The Kier molecular flexibility index (Phi) is 6.55. The molecular formula is C28H14F6N2OS. The van der Waals surface area contributed by atoms with Gasteiger partial charge in [0.1, 0.15) is 11.6 Å². The molecular weight excluding hydrogens is 526 g/mol. The lowest BCUT2D eigenvalue weighted by molar-refractivity contribution is -0.188. The van der Waals surface area contributed by atoms with Crippen LogP contribution in [0, 0.1) is 42.0 Å². The summed E-state index contributed by atoms with van der Waals surface area (Å²) < 4.78 is 89.7. The molecule has 0 aliphatic rings. The first-order valence-electron chi connectivity index (χ1n) is 11.0. The van der Waals surface area contributed by atoms with Crippen LogP contribution in [0.4, 0.5) is 26.3 Å². The predicted molar refractivity (Wildman–Crippen MR) is 131 cm³/mol. The molecule has 0 saturated carbocycles. The van der Waals surface area contributed by atoms with Gasteiger partial charge in [0.15, 0.2) is 28.2 Å². The standard InChI is InChI=1S/C28H14F6N2OS/c1-15-2-7-23-24(10-15)38-26(36-23)9-4-16-3-8-25(35-14-16)28(33,34)37-18-5-6-19(20(29)13-18)17-11-21(30)27(32)22(31)12-17/h2-3,5-8,10-14H,1H3. The van der Waals surface area contributed by atoms with Gasteiger partial charge in [-0.2, -0.15) is 8.78 Å². The molecule has 0 aliphatic heterocycles. The van der Waals surface area contributed by atoms with E-state index in [0.29, 0.717) is 28.8 Å². The number of nitrogens with zero attached hydrogens (tertiary/aromatic N) is 2. The minimum atomic E-state index is -3.93. The van der Waals surface area contributed by atoms with Crippen molar-refractivity contribution in [3.05, 3.63) is 112 Å². The number of ether oxygens (including phenoxy) is 1. The fourth-order valence-corrected chi connectivity index (χ4v) is 4.47. The Bertz CT molecular complexity index is 1720. The first-order chi connectivity index (χ1) is 18.1. The van der Waals surface area contributed by atoms with E-state index in [4.69, 9.17) is 0 Å². The van der Waals surface area contributed by atoms with Gasteiger partial charge in [-0.1, -0.05) is 12.0 Å². The normalized spacial score (nSPS) is 11.3. The maximum absolute atomic E-state index is 14.7. The molecule has 2 aromatic heterocycles. The van der Waals surface area contributed by atoms with Crippen LogP contribution in [0.5, 0.6) is 5.75 Å². The van der Waals surface area contributed by atoms with Crippen LogP contribution in [-0.4, -0.2) is 9.97 Å². The van der Waals surface area contributed by atoms with Crippen LogP contribution in [0.2, 0.25) is 0 Å². The molecule has 2 heterocycles. The molecule has 5 rings (SSSR count). The molecule has 0 unspecified atom stereocenters. The fourth-order valence-electron chi connectivity index (χ4n) is 3.56. The summed E-state index contributed by atoms with van der Waals surface area (Å²) in [5, 5.41) is 0.569. The molecule has 0 spiro atoms. The molecule has 0 aliphatic carbocycles. The van der Waals surface area contributed by atoms with Crippen molar-refractivity contribution >= 4 is 21.6 Å². The maximum Gasteiger partial charge on any atom is 0.444 e. The average molecular weight is 540 g/mol. The van der Waals surface area contributed by atoms with Crippen molar-refractivity contribution in [2.45, 2.75) is 13.0 Å². The summed E-state index contributed by atoms with van der Waals surface area (Å²) in [6.45, 7) is 1.97. The predicted octanol–water partition coefficient (Wildman–Crippen LogP) is 7.75. The van der Waals surface area contributed by atoms with Crippen LogP contribution in [0.15, 0.2) is 66.9 Å². The lowest BCUT2D eigenvalue weighted by Gasteiger charge is -2.18. The van der Waals surface area contributed by atoms with Crippen LogP contribution in [0.1, 0.15) is 21.8 Å². The van der Waals surface area contributed by atoms with Gasteiger partial charge in [0.2, 0.25) is 0 Å². The van der Waals surface area contributed by atoms with Gasteiger partial charge in [-0.15, -0.1) is 11.3 Å². The Balaban J connectivity index is 1.32. The third-order valence-electron chi connectivity index (χ3n) is 5.40. The first kappa shape index (κ1) is 25.3. The summed E-state index contributed by atoms with van der Waals surface area (Å²) in [4.78, 5) is 8.14. The largest absolute Gasteiger partial charge is 0.444 e. The van der Waals surface area contributed by atoms with Crippen molar-refractivity contribution < 1.29 is 31.1 Å². The highest BCUT2D eigenvalue weighted by Gasteiger charge is 2.36. The van der Waals surface area contributed by atoms with Crippen molar-refractivity contribution in [2.24, 2.45) is 0 Å². The Hall–Kier alpha value is -4.36. The van der Waals surface area contributed by atoms with Crippen molar-refractivity contribution in [2.75, 3.05) is 0 Å². The second kappa shape index (κ2) is 9.84. The molecule has 0 fully saturated rings. The zero-order valence-corrected chi connectivity index (χ0v) is 20.1. The summed E-state index contributed by atoms with van der Waals surface area (Å²) in [5.74, 6) is -0.673. The minimum absolute atomic E-state index is 0.309. The second-order valence-corrected chi connectivity index (χ2v) is 9.22. The van der Waals surface area contributed by atoms with E-state index in [1.807, 2.05) is 25.1 Å². The van der Waals surface area contributed by atoms with E-state index in [1.165, 1.54) is 17.4 Å². The number of hydrogen-bond donors (Lipinski definition) is 0. The van der Waals surface area contributed by atoms with Gasteiger partial charge >= 0.3 is 6.11 Å². The van der Waals surface area contributed by atoms with Crippen LogP contribution < -0.4 is 4.74 Å². The fraction of sp³-hybridized carbons (Fsp3) is 0.0714. The van der Waals surface area contributed by atoms with E-state index in [9.17, 15) is 26.3 Å². The van der Waals surface area contributed by atoms with Gasteiger partial charge in [0, 0.05) is 23.4 Å². The monoisotopic (exact) mass is 540 g/mol. The van der Waals surface area contributed by atoms with E-state index in [2.05, 4.69) is 26.5 Å². The van der Waals surface area contributed by atoms with Gasteiger partial charge in [0.25, 0.3) is 0 Å². The van der Waals surface area contributed by atoms with Gasteiger partial charge < -0.3 is 4.74 Å². The number of aromatic nitrogens is 2. The Morgan fingerprint density at radius 3 is 2.29 bits per heavy atom. The van der Waals surface area contributed by atoms with Crippen LogP contribution in [0.3, 0.4) is 0 Å². The SMILES string of the molecule is Cc1ccc2nc(C#Cc3ccc(C(F)(F)Oc4ccc(-c5cc(F)c(F)c(F)c5)c(F)c4)nc3)sc2c1. The number of halogens is 6. The third kappa shape index (κ3) is 5.19. The molecule has 3 aromatic carbocycles. The Morgan fingerprint density at radius 2 is 1.61 bits per heavy atom. The van der Waals surface area contributed by atoms with E-state index in [-0.39, 0.29) is 11.1 Å². The molecule has 0 N–H and O–H groups in total. The summed E-state index contributed by atoms with van der Waals surface area (Å²) in [5.41, 5.74) is 0.900. The molecule has 10 heteroatoms. The van der Waals surface area contributed by atoms with E-state index in [1.54, 1.807) is 0 Å². The lowest BCUT2D eigenvalue weighted by atomic mass is 10.0. The number of fused-ring (bicyclic) bond motifs is 1. The van der Waals surface area contributed by atoms with Crippen LogP contribution in [0.25, 0.3) is 21.3 Å². The van der Waals surface area contributed by atoms with Crippen molar-refractivity contribution in [1.82, 2.24) is 9.97 Å². The number of thiazole rings is 1. The van der Waals surface area contributed by atoms with Gasteiger partial charge in [-0.3, -0.25) is 0 Å². The molecule has 190 valence electrons. The summed E-state index contributed by atoms with van der Waals surface area (Å²) in [6, 6.07) is 12.0. The first-order valence-corrected chi connectivity index (χ1v) is 11.8. The molecule has 0 bridgehead atoms. The number of rotatable bonds is 4. The maximum atomic E-state index is 14.7. The number of alkyl halides is 2. The number of benzene rings is 3. The van der Waals surface area contributed by atoms with Gasteiger partial charge in [0.05, 0.1) is 10.2 Å². The molecule has 3 nitrogen and oxygen atoms in total. The summed E-state index contributed by atoms with van der Waals surface area (Å²) in [7, 11) is 0. The van der Waals surface area contributed by atoms with E-state index >= 15 is 0 Å². The number of hydrogen-bond acceptors (Lipinski definition) is 4. The lowest BCUT2D eigenvalue weighted by Crippen LogP contribution is -2.23. The second-order valence-electron chi connectivity index (χ2n) is 8.19. The highest BCUT2D eigenvalue weighted by Crippen LogP contribution is 2.34. The Morgan fingerprint density at radius 1 is 0.842 bits per heavy atom. The zero-order chi connectivity index (χ0) is 27.0. The topological polar surface area (TPSA) is 35.0 Å². The minimum Gasteiger partial charge on any atom is -0.428 e. The van der Waals surface area contributed by atoms with E-state index in [0.717, 1.165) is 40.2 Å². The van der Waals surface area contributed by atoms with Crippen molar-refractivity contribution in [3.63, 3.8) is 0 Å². The smallest absolute Gasteiger partial charge is 0.428 e. The zero-order valence-electron chi connectivity index (χ0n) is 19.3. The summed E-state index contributed by atoms with van der Waals surface area (Å²) >= 11 is 1.41. The molecule has 0 atom stereocenters. The molecule has 0 radical (unpaired) electrons. The van der Waals surface area contributed by atoms with Crippen molar-refractivity contribution in [1.29, 1.82) is 0 Å². The Labute approximate surface area is 216 Å². The highest BCUT2D eigenvalue weighted by molar-refractivity contribution is 7.19. The van der Waals surface area contributed by atoms with E-state index < -0.39 is 40.8 Å². The summed E-state index contributed by atoms with van der Waals surface area (Å²) in [6.07, 6.45) is -2.78. The molecule has 5 aromatic rings. The average Bonchev–Trinajstić information content (AvgIpc) is 3.28. The highest BCUT2D eigenvalue weighted by atomic mass is 32.1. The molecule has 0 saturated heterocycles. The third-order valence-corrected chi connectivity index (χ3v) is 6.33. The number of aryl methyl sites for hydroxylation is 1. The molecule has 38 heavy (non-hydrogen) atoms. The number of pyridine rings is 1.